The van der Waals surface area contributed by atoms with Crippen molar-refractivity contribution in [2.45, 2.75) is 31.6 Å². The maximum Gasteiger partial charge on any atom is 0.232 e. The van der Waals surface area contributed by atoms with Gasteiger partial charge in [0.05, 0.1) is 17.8 Å². The normalized spacial score (nSPS) is 16.4. The van der Waals surface area contributed by atoms with Crippen LogP contribution in [0.15, 0.2) is 48.1 Å². The number of rotatable bonds is 4. The summed E-state index contributed by atoms with van der Waals surface area (Å²) in [5, 5.41) is 5.65. The molecule has 0 spiro atoms. The number of nitrogens with zero attached hydrogens (tertiary/aromatic N) is 3. The zero-order valence-electron chi connectivity index (χ0n) is 14.6. The van der Waals surface area contributed by atoms with Crippen LogP contribution in [0.3, 0.4) is 0 Å². The number of carbonyl (C=O) groups is 1. The number of fused-ring (bicyclic) bond motifs is 2. The Hall–Kier alpha value is -2.51. The number of hydrogen-bond acceptors (Lipinski definition) is 5. The average molecular weight is 395 g/mol. The molecule has 1 unspecified atom stereocenters. The summed E-state index contributed by atoms with van der Waals surface area (Å²) in [6, 6.07) is 10.7. The van der Waals surface area contributed by atoms with E-state index in [4.69, 9.17) is 0 Å². The molecule has 1 N–H and O–H groups in total. The minimum absolute atomic E-state index is 0.0635. The largest absolute Gasteiger partial charge is 0.302 e. The van der Waals surface area contributed by atoms with Crippen molar-refractivity contribution < 1.29 is 4.79 Å². The lowest BCUT2D eigenvalue weighted by Gasteiger charge is -2.21. The average Bonchev–Trinajstić information content (AvgIpc) is 3.35. The second kappa shape index (κ2) is 6.90. The minimum Gasteiger partial charge on any atom is -0.302 e. The number of thiazole rings is 2. The van der Waals surface area contributed by atoms with Crippen molar-refractivity contribution in [2.75, 3.05) is 5.32 Å². The van der Waals surface area contributed by atoms with Crippen LogP contribution < -0.4 is 5.32 Å². The SMILES string of the molecule is O=C(Cc1cn2ccsc2n1)Nc1nc2c(s1)CC(c1ccccc1)CC2. The highest BCUT2D eigenvalue weighted by molar-refractivity contribution is 7.16. The fraction of sp³-hybridized carbons (Fsp3) is 0.250. The molecule has 1 aliphatic carbocycles. The number of imidazole rings is 1. The third-order valence-corrected chi connectivity index (χ3v) is 6.75. The van der Waals surface area contributed by atoms with Crippen LogP contribution in [0.25, 0.3) is 4.96 Å². The molecule has 7 heteroatoms. The standard InChI is InChI=1S/C20H18N4OS2/c25-18(11-15-12-24-8-9-26-20(24)21-15)23-19-22-16-7-6-14(10-17(16)27-19)13-4-2-1-3-5-13/h1-5,8-9,12,14H,6-7,10-11H2,(H,22,23,25). The van der Waals surface area contributed by atoms with E-state index in [1.807, 2.05) is 22.2 Å². The summed E-state index contributed by atoms with van der Waals surface area (Å²) in [4.78, 5) is 23.7. The molecule has 0 saturated carbocycles. The van der Waals surface area contributed by atoms with Crippen LogP contribution in [0.2, 0.25) is 0 Å². The molecule has 0 fully saturated rings. The zero-order valence-corrected chi connectivity index (χ0v) is 16.2. The Bertz CT molecular complexity index is 1070. The summed E-state index contributed by atoms with van der Waals surface area (Å²) < 4.78 is 1.94. The van der Waals surface area contributed by atoms with E-state index in [0.717, 1.165) is 35.6 Å². The zero-order chi connectivity index (χ0) is 18.2. The molecule has 0 saturated heterocycles. The molecular formula is C20H18N4OS2. The predicted octanol–water partition coefficient (Wildman–Crippen LogP) is 4.31. The van der Waals surface area contributed by atoms with Gasteiger partial charge in [-0.2, -0.15) is 0 Å². The fourth-order valence-electron chi connectivity index (χ4n) is 3.63. The highest BCUT2D eigenvalue weighted by atomic mass is 32.1. The molecule has 4 aromatic rings. The van der Waals surface area contributed by atoms with Crippen molar-refractivity contribution in [1.29, 1.82) is 0 Å². The van der Waals surface area contributed by atoms with Crippen molar-refractivity contribution in [3.63, 3.8) is 0 Å². The molecule has 27 heavy (non-hydrogen) atoms. The molecule has 5 nitrogen and oxygen atoms in total. The fourth-order valence-corrected chi connectivity index (χ4v) is 5.45. The van der Waals surface area contributed by atoms with Crippen molar-refractivity contribution >= 4 is 38.7 Å². The first-order chi connectivity index (χ1) is 13.2. The number of nitrogens with one attached hydrogen (secondary N) is 1. The lowest BCUT2D eigenvalue weighted by molar-refractivity contribution is -0.115. The van der Waals surface area contributed by atoms with Crippen LogP contribution in [0.5, 0.6) is 0 Å². The summed E-state index contributed by atoms with van der Waals surface area (Å²) >= 11 is 3.18. The Kier molecular flexibility index (Phi) is 4.26. The summed E-state index contributed by atoms with van der Waals surface area (Å²) in [5.41, 5.74) is 3.32. The molecule has 136 valence electrons. The van der Waals surface area contributed by atoms with E-state index in [1.54, 1.807) is 22.7 Å². The van der Waals surface area contributed by atoms with Crippen LogP contribution >= 0.6 is 22.7 Å². The van der Waals surface area contributed by atoms with Gasteiger partial charge in [0, 0.05) is 22.7 Å². The van der Waals surface area contributed by atoms with E-state index in [1.165, 1.54) is 10.4 Å². The number of amides is 1. The van der Waals surface area contributed by atoms with E-state index in [2.05, 4.69) is 45.6 Å². The molecule has 1 aliphatic rings. The number of carbonyl (C=O) groups excluding carboxylic acids is 1. The molecule has 3 aromatic heterocycles. The van der Waals surface area contributed by atoms with Crippen LogP contribution in [-0.2, 0) is 24.1 Å². The number of benzene rings is 1. The quantitative estimate of drug-likeness (QED) is 0.561. The topological polar surface area (TPSA) is 59.3 Å². The van der Waals surface area contributed by atoms with Gasteiger partial charge in [-0.1, -0.05) is 30.3 Å². The smallest absolute Gasteiger partial charge is 0.232 e. The van der Waals surface area contributed by atoms with E-state index < -0.39 is 0 Å². The molecule has 0 aliphatic heterocycles. The first-order valence-electron chi connectivity index (χ1n) is 8.99. The molecular weight excluding hydrogens is 376 g/mol. The lowest BCUT2D eigenvalue weighted by atomic mass is 9.85. The van der Waals surface area contributed by atoms with Crippen LogP contribution in [0, 0.1) is 0 Å². The maximum atomic E-state index is 12.4. The molecule has 1 amide bonds. The monoisotopic (exact) mass is 394 g/mol. The molecule has 3 heterocycles. The number of anilines is 1. The van der Waals surface area contributed by atoms with Gasteiger partial charge < -0.3 is 5.32 Å². The number of aryl methyl sites for hydroxylation is 1. The van der Waals surface area contributed by atoms with Crippen LogP contribution in [0.4, 0.5) is 5.13 Å². The van der Waals surface area contributed by atoms with E-state index in [9.17, 15) is 4.79 Å². The maximum absolute atomic E-state index is 12.4. The van der Waals surface area contributed by atoms with Gasteiger partial charge in [-0.25, -0.2) is 9.97 Å². The summed E-state index contributed by atoms with van der Waals surface area (Å²) in [6.45, 7) is 0. The van der Waals surface area contributed by atoms with Gasteiger partial charge in [-0.15, -0.1) is 22.7 Å². The Morgan fingerprint density at radius 3 is 3.00 bits per heavy atom. The van der Waals surface area contributed by atoms with Gasteiger partial charge in [0.1, 0.15) is 0 Å². The number of hydrogen-bond donors (Lipinski definition) is 1. The number of aromatic nitrogens is 3. The first kappa shape index (κ1) is 16.6. The van der Waals surface area contributed by atoms with E-state index in [-0.39, 0.29) is 12.3 Å². The second-order valence-electron chi connectivity index (χ2n) is 6.79. The third kappa shape index (κ3) is 3.40. The van der Waals surface area contributed by atoms with Gasteiger partial charge in [-0.3, -0.25) is 9.20 Å². The minimum atomic E-state index is -0.0635. The van der Waals surface area contributed by atoms with Gasteiger partial charge in [0.15, 0.2) is 10.1 Å². The van der Waals surface area contributed by atoms with Gasteiger partial charge >= 0.3 is 0 Å². The molecule has 1 atom stereocenters. The Morgan fingerprint density at radius 1 is 1.26 bits per heavy atom. The third-order valence-electron chi connectivity index (χ3n) is 4.94. The van der Waals surface area contributed by atoms with Crippen molar-refractivity contribution in [3.8, 4) is 0 Å². The Balaban J connectivity index is 1.26. The summed E-state index contributed by atoms with van der Waals surface area (Å²) in [6.07, 6.45) is 7.21. The molecule has 0 radical (unpaired) electrons. The second-order valence-corrected chi connectivity index (χ2v) is 8.75. The van der Waals surface area contributed by atoms with Gasteiger partial charge in [0.25, 0.3) is 0 Å². The molecule has 5 rings (SSSR count). The summed E-state index contributed by atoms with van der Waals surface area (Å²) in [7, 11) is 0. The van der Waals surface area contributed by atoms with Crippen molar-refractivity contribution in [1.82, 2.24) is 14.4 Å². The van der Waals surface area contributed by atoms with Gasteiger partial charge in [-0.05, 0) is 30.7 Å². The molecule has 1 aromatic carbocycles. The first-order valence-corrected chi connectivity index (χ1v) is 10.7. The lowest BCUT2D eigenvalue weighted by Crippen LogP contribution is -2.14. The van der Waals surface area contributed by atoms with Crippen molar-refractivity contribution in [2.24, 2.45) is 0 Å². The predicted molar refractivity (Wildman–Crippen MR) is 109 cm³/mol. The van der Waals surface area contributed by atoms with E-state index >= 15 is 0 Å². The highest BCUT2D eigenvalue weighted by Gasteiger charge is 2.24. The highest BCUT2D eigenvalue weighted by Crippen LogP contribution is 2.36. The van der Waals surface area contributed by atoms with Crippen LogP contribution in [0.1, 0.15) is 34.2 Å². The van der Waals surface area contributed by atoms with Crippen LogP contribution in [-0.4, -0.2) is 20.3 Å². The summed E-state index contributed by atoms with van der Waals surface area (Å²) in [5.74, 6) is 0.479. The van der Waals surface area contributed by atoms with E-state index in [0.29, 0.717) is 11.0 Å². The Morgan fingerprint density at radius 2 is 2.15 bits per heavy atom. The van der Waals surface area contributed by atoms with Gasteiger partial charge in [0.2, 0.25) is 5.91 Å². The molecule has 0 bridgehead atoms. The Labute approximate surface area is 164 Å². The van der Waals surface area contributed by atoms with Crippen molar-refractivity contribution in [3.05, 3.63) is 69.9 Å².